The molecule has 1 heterocycles. The van der Waals surface area contributed by atoms with Gasteiger partial charge in [-0.1, -0.05) is 24.5 Å². The highest BCUT2D eigenvalue weighted by Crippen LogP contribution is 2.04. The lowest BCUT2D eigenvalue weighted by atomic mass is 10.2. The van der Waals surface area contributed by atoms with Crippen LogP contribution in [0.5, 0.6) is 0 Å². The van der Waals surface area contributed by atoms with E-state index in [1.807, 2.05) is 6.08 Å². The Morgan fingerprint density at radius 2 is 2.27 bits per heavy atom. The van der Waals surface area contributed by atoms with Gasteiger partial charge in [0.15, 0.2) is 0 Å². The van der Waals surface area contributed by atoms with Gasteiger partial charge in [-0.3, -0.25) is 0 Å². The molecule has 1 nitrogen and oxygen atoms in total. The second kappa shape index (κ2) is 3.82. The molecule has 0 aliphatic heterocycles. The zero-order valence-corrected chi connectivity index (χ0v) is 9.46. The van der Waals surface area contributed by atoms with E-state index in [0.717, 1.165) is 6.42 Å². The Kier molecular flexibility index (Phi) is 2.51. The summed E-state index contributed by atoms with van der Waals surface area (Å²) in [7, 11) is 2.10. The minimum absolute atomic E-state index is 1.07. The zero-order valence-electron chi connectivity index (χ0n) is 9.46. The quantitative estimate of drug-likeness (QED) is 0.635. The summed E-state index contributed by atoms with van der Waals surface area (Å²) in [6.07, 6.45) is 9.43. The van der Waals surface area contributed by atoms with Gasteiger partial charge >= 0.3 is 0 Å². The Bertz CT molecular complexity index is 599. The van der Waals surface area contributed by atoms with Crippen molar-refractivity contribution in [3.05, 3.63) is 39.7 Å². The summed E-state index contributed by atoms with van der Waals surface area (Å²) in [5.74, 6) is 0. The van der Waals surface area contributed by atoms with Crippen LogP contribution in [0, 0.1) is 6.92 Å². The Balaban J connectivity index is 2.79. The molecule has 0 saturated carbocycles. The summed E-state index contributed by atoms with van der Waals surface area (Å²) in [4.78, 5) is 0. The molecule has 0 saturated heterocycles. The Morgan fingerprint density at radius 3 is 2.93 bits per heavy atom. The molecule has 0 amide bonds. The lowest BCUT2D eigenvalue weighted by Crippen LogP contribution is -2.28. The first-order valence-corrected chi connectivity index (χ1v) is 5.29. The fraction of sp³-hybridized carbons (Fsp3) is 0.286. The highest BCUT2D eigenvalue weighted by Gasteiger charge is 2.05. The maximum atomic E-state index is 3.18. The smallest absolute Gasteiger partial charge is 0.0577 e. The van der Waals surface area contributed by atoms with Gasteiger partial charge in [0.2, 0.25) is 0 Å². The van der Waals surface area contributed by atoms with E-state index < -0.39 is 0 Å². The average Bonchev–Trinajstić information content (AvgIpc) is 2.51. The van der Waals surface area contributed by atoms with E-state index in [9.17, 15) is 0 Å². The topological polar surface area (TPSA) is 4.93 Å². The molecule has 1 heteroatoms. The first-order chi connectivity index (χ1) is 7.25. The second-order valence-corrected chi connectivity index (χ2v) is 3.74. The van der Waals surface area contributed by atoms with E-state index in [2.05, 4.69) is 55.2 Å². The molecule has 0 bridgehead atoms. The predicted molar refractivity (Wildman–Crippen MR) is 64.7 cm³/mol. The van der Waals surface area contributed by atoms with Crippen molar-refractivity contribution in [3.63, 3.8) is 0 Å². The van der Waals surface area contributed by atoms with E-state index >= 15 is 0 Å². The van der Waals surface area contributed by atoms with Crippen LogP contribution in [0.3, 0.4) is 0 Å². The van der Waals surface area contributed by atoms with Gasteiger partial charge in [-0.05, 0) is 37.1 Å². The van der Waals surface area contributed by atoms with Crippen LogP contribution in [0.15, 0.2) is 17.9 Å². The number of fused-ring (bicyclic) bond motifs is 1. The van der Waals surface area contributed by atoms with Crippen molar-refractivity contribution in [3.8, 4) is 0 Å². The van der Waals surface area contributed by atoms with Gasteiger partial charge in [0, 0.05) is 12.7 Å². The molecule has 2 rings (SSSR count). The van der Waals surface area contributed by atoms with Gasteiger partial charge in [-0.2, -0.15) is 0 Å². The van der Waals surface area contributed by atoms with Gasteiger partial charge in [-0.15, -0.1) is 0 Å². The fourth-order valence-corrected chi connectivity index (χ4v) is 1.92. The van der Waals surface area contributed by atoms with Crippen LogP contribution in [0.1, 0.15) is 24.6 Å². The van der Waals surface area contributed by atoms with Gasteiger partial charge < -0.3 is 4.57 Å². The van der Waals surface area contributed by atoms with Crippen LogP contribution in [-0.2, 0) is 7.05 Å². The molecule has 76 valence electrons. The summed E-state index contributed by atoms with van der Waals surface area (Å²) in [5.41, 5.74) is 8.74. The number of hydrogen-bond donors (Lipinski definition) is 0. The maximum Gasteiger partial charge on any atom is 0.0577 e. The molecule has 1 aliphatic rings. The highest BCUT2D eigenvalue weighted by molar-refractivity contribution is 5.55. The molecule has 0 spiro atoms. The molecule has 0 atom stereocenters. The van der Waals surface area contributed by atoms with E-state index in [1.54, 1.807) is 0 Å². The van der Waals surface area contributed by atoms with Crippen molar-refractivity contribution in [1.82, 2.24) is 4.57 Å². The molecule has 1 aromatic heterocycles. The Hall–Kier alpha value is -1.68. The zero-order chi connectivity index (χ0) is 10.8. The van der Waals surface area contributed by atoms with Crippen molar-refractivity contribution in [2.24, 2.45) is 7.05 Å². The normalized spacial score (nSPS) is 12.7. The number of nitrogens with zero attached hydrogens (tertiary/aromatic N) is 1. The molecule has 1 aliphatic carbocycles. The number of hydrogen-bond acceptors (Lipinski definition) is 0. The lowest BCUT2D eigenvalue weighted by Gasteiger charge is -1.98. The summed E-state index contributed by atoms with van der Waals surface area (Å²) in [6.45, 7) is 4.29. The van der Waals surface area contributed by atoms with Crippen molar-refractivity contribution >= 4 is 17.9 Å². The molecule has 0 aromatic carbocycles. The van der Waals surface area contributed by atoms with Crippen LogP contribution >= 0.6 is 0 Å². The molecule has 0 unspecified atom stereocenters. The number of aromatic nitrogens is 1. The van der Waals surface area contributed by atoms with Crippen molar-refractivity contribution in [2.75, 3.05) is 0 Å². The SMILES string of the molecule is CC/C=C\c1c(C)c2c(n1C)=CC=C=C=2. The molecule has 0 N–H and O–H groups in total. The minimum atomic E-state index is 1.07. The third kappa shape index (κ3) is 1.53. The Labute approximate surface area is 90.0 Å². The number of rotatable bonds is 2. The highest BCUT2D eigenvalue weighted by atomic mass is 14.9. The van der Waals surface area contributed by atoms with Crippen molar-refractivity contribution < 1.29 is 0 Å². The van der Waals surface area contributed by atoms with E-state index in [0.29, 0.717) is 0 Å². The monoisotopic (exact) mass is 197 g/mol. The third-order valence-corrected chi connectivity index (χ3v) is 2.77. The summed E-state index contributed by atoms with van der Waals surface area (Å²) in [6, 6.07) is 0. The fourth-order valence-electron chi connectivity index (χ4n) is 1.92. The van der Waals surface area contributed by atoms with E-state index in [1.165, 1.54) is 21.8 Å². The summed E-state index contributed by atoms with van der Waals surface area (Å²) in [5, 5.41) is 2.40. The van der Waals surface area contributed by atoms with Crippen molar-refractivity contribution in [2.45, 2.75) is 20.3 Å². The van der Waals surface area contributed by atoms with Crippen LogP contribution in [0.2, 0.25) is 0 Å². The Morgan fingerprint density at radius 1 is 1.47 bits per heavy atom. The second-order valence-electron chi connectivity index (χ2n) is 3.74. The van der Waals surface area contributed by atoms with Gasteiger partial charge in [0.25, 0.3) is 0 Å². The molecular weight excluding hydrogens is 182 g/mol. The van der Waals surface area contributed by atoms with Crippen LogP contribution < -0.4 is 10.6 Å². The average molecular weight is 197 g/mol. The third-order valence-electron chi connectivity index (χ3n) is 2.77. The van der Waals surface area contributed by atoms with E-state index in [-0.39, 0.29) is 0 Å². The summed E-state index contributed by atoms with van der Waals surface area (Å²) < 4.78 is 2.21. The largest absolute Gasteiger partial charge is 0.343 e. The maximum absolute atomic E-state index is 3.18. The number of allylic oxidation sites excluding steroid dienone is 2. The predicted octanol–water partition coefficient (Wildman–Crippen LogP) is 1.64. The first kappa shape index (κ1) is 9.86. The van der Waals surface area contributed by atoms with Gasteiger partial charge in [0.1, 0.15) is 0 Å². The van der Waals surface area contributed by atoms with Crippen LogP contribution in [-0.4, -0.2) is 4.57 Å². The first-order valence-electron chi connectivity index (χ1n) is 5.29. The van der Waals surface area contributed by atoms with Crippen molar-refractivity contribution in [1.29, 1.82) is 0 Å². The van der Waals surface area contributed by atoms with Gasteiger partial charge in [0.05, 0.1) is 10.6 Å². The molecular formula is C14H15N. The van der Waals surface area contributed by atoms with E-state index in [4.69, 9.17) is 0 Å². The minimum Gasteiger partial charge on any atom is -0.343 e. The molecule has 0 fully saturated rings. The summed E-state index contributed by atoms with van der Waals surface area (Å²) >= 11 is 0. The van der Waals surface area contributed by atoms with Crippen LogP contribution in [0.25, 0.3) is 17.9 Å². The molecule has 1 aromatic rings. The molecule has 0 radical (unpaired) electrons. The van der Waals surface area contributed by atoms with Gasteiger partial charge in [-0.25, -0.2) is 0 Å². The molecule has 15 heavy (non-hydrogen) atoms. The van der Waals surface area contributed by atoms with Crippen LogP contribution in [0.4, 0.5) is 0 Å². The standard InChI is InChI=1S/C14H15N/c1-4-5-9-13-11(2)12-8-6-7-10-14(12)15(13)3/h5,7,9-10H,4H2,1-3H3/b9-5-. The lowest BCUT2D eigenvalue weighted by molar-refractivity contribution is 0.875.